The molecule has 6 heteroatoms. The van der Waals surface area contributed by atoms with Crippen molar-refractivity contribution in [2.24, 2.45) is 0 Å². The molecule has 0 saturated heterocycles. The summed E-state index contributed by atoms with van der Waals surface area (Å²) in [6.45, 7) is 0.276. The molecule has 0 radical (unpaired) electrons. The topological polar surface area (TPSA) is 61.4 Å². The summed E-state index contributed by atoms with van der Waals surface area (Å²) in [6, 6.07) is 15.3. The molecule has 0 saturated carbocycles. The van der Waals surface area contributed by atoms with Gasteiger partial charge in [0.1, 0.15) is 5.75 Å². The first-order valence-corrected chi connectivity index (χ1v) is 7.99. The first-order valence-electron chi connectivity index (χ1n) is 7.23. The van der Waals surface area contributed by atoms with E-state index in [0.717, 1.165) is 16.3 Å². The van der Waals surface area contributed by atoms with Gasteiger partial charge in [0.25, 0.3) is 0 Å². The van der Waals surface area contributed by atoms with Crippen molar-refractivity contribution in [3.63, 3.8) is 0 Å². The summed E-state index contributed by atoms with van der Waals surface area (Å²) in [4.78, 5) is 12.1. The summed E-state index contributed by atoms with van der Waals surface area (Å²) >= 11 is 11.9. The van der Waals surface area contributed by atoms with Crippen LogP contribution >= 0.6 is 23.2 Å². The molecule has 0 fully saturated rings. The summed E-state index contributed by atoms with van der Waals surface area (Å²) in [5.41, 5.74) is 1.38. The van der Waals surface area contributed by atoms with Crippen molar-refractivity contribution in [2.45, 2.75) is 6.54 Å². The van der Waals surface area contributed by atoms with E-state index in [1.165, 1.54) is 0 Å². The summed E-state index contributed by atoms with van der Waals surface area (Å²) in [7, 11) is 0. The number of carbonyl (C=O) groups is 1. The number of phenolic OH excluding ortho intramolecular Hbond substituents is 1. The molecule has 0 aliphatic heterocycles. The monoisotopic (exact) mass is 360 g/mol. The van der Waals surface area contributed by atoms with E-state index in [0.29, 0.717) is 15.7 Å². The molecule has 0 atom stereocenters. The zero-order valence-electron chi connectivity index (χ0n) is 12.5. The van der Waals surface area contributed by atoms with E-state index >= 15 is 0 Å². The Kier molecular flexibility index (Phi) is 4.79. The van der Waals surface area contributed by atoms with Crippen molar-refractivity contribution in [3.05, 3.63) is 70.2 Å². The zero-order valence-corrected chi connectivity index (χ0v) is 14.0. The molecule has 24 heavy (non-hydrogen) atoms. The number of fused-ring (bicyclic) bond motifs is 1. The van der Waals surface area contributed by atoms with Crippen LogP contribution in [0.1, 0.15) is 5.56 Å². The molecule has 0 aliphatic rings. The highest BCUT2D eigenvalue weighted by Crippen LogP contribution is 2.27. The number of hydrogen-bond acceptors (Lipinski definition) is 2. The Morgan fingerprint density at radius 1 is 1.04 bits per heavy atom. The maximum Gasteiger partial charge on any atom is 0.319 e. The van der Waals surface area contributed by atoms with Crippen molar-refractivity contribution in [1.29, 1.82) is 0 Å². The molecule has 0 heterocycles. The molecule has 3 N–H and O–H groups in total. The van der Waals surface area contributed by atoms with Crippen LogP contribution in [0.25, 0.3) is 10.8 Å². The summed E-state index contributed by atoms with van der Waals surface area (Å²) in [5.74, 6) is 0.144. The van der Waals surface area contributed by atoms with Gasteiger partial charge in [0, 0.05) is 22.0 Å². The van der Waals surface area contributed by atoms with Crippen LogP contribution in [0.15, 0.2) is 54.6 Å². The third kappa shape index (κ3) is 3.72. The molecule has 2 amide bonds. The Hall–Kier alpha value is -2.43. The zero-order chi connectivity index (χ0) is 17.1. The van der Waals surface area contributed by atoms with Crippen LogP contribution in [0.5, 0.6) is 5.75 Å². The number of aromatic hydroxyl groups is 1. The van der Waals surface area contributed by atoms with E-state index in [1.807, 2.05) is 12.1 Å². The largest absolute Gasteiger partial charge is 0.508 e. The van der Waals surface area contributed by atoms with Crippen molar-refractivity contribution in [2.75, 3.05) is 5.32 Å². The van der Waals surface area contributed by atoms with Gasteiger partial charge in [-0.25, -0.2) is 4.79 Å². The van der Waals surface area contributed by atoms with Crippen molar-refractivity contribution in [3.8, 4) is 5.75 Å². The van der Waals surface area contributed by atoms with Gasteiger partial charge in [0.15, 0.2) is 0 Å². The Bertz CT molecular complexity index is 913. The van der Waals surface area contributed by atoms with Crippen LogP contribution in [-0.2, 0) is 6.54 Å². The Morgan fingerprint density at radius 3 is 2.67 bits per heavy atom. The van der Waals surface area contributed by atoms with Gasteiger partial charge in [-0.2, -0.15) is 0 Å². The van der Waals surface area contributed by atoms with Gasteiger partial charge in [-0.05, 0) is 41.3 Å². The fraction of sp³-hybridized carbons (Fsp3) is 0.0556. The van der Waals surface area contributed by atoms with Crippen LogP contribution in [-0.4, -0.2) is 11.1 Å². The number of carbonyl (C=O) groups excluding carboxylic acids is 1. The standard InChI is InChI=1S/C18H14Cl2N2O2/c19-13-6-4-12(16(20)8-13)10-21-18(24)22-17-3-1-2-11-5-7-14(23)9-15(11)17/h1-9,23H,10H2,(H2,21,22,24). The fourth-order valence-electron chi connectivity index (χ4n) is 2.38. The lowest BCUT2D eigenvalue weighted by Crippen LogP contribution is -2.28. The summed E-state index contributed by atoms with van der Waals surface area (Å²) in [6.07, 6.45) is 0. The van der Waals surface area contributed by atoms with Gasteiger partial charge >= 0.3 is 6.03 Å². The van der Waals surface area contributed by atoms with Gasteiger partial charge < -0.3 is 15.7 Å². The van der Waals surface area contributed by atoms with Gasteiger partial charge in [0.05, 0.1) is 5.69 Å². The van der Waals surface area contributed by atoms with Gasteiger partial charge in [-0.3, -0.25) is 0 Å². The predicted octanol–water partition coefficient (Wildman–Crippen LogP) is 5.17. The highest BCUT2D eigenvalue weighted by atomic mass is 35.5. The predicted molar refractivity (Wildman–Crippen MR) is 97.9 cm³/mol. The number of benzene rings is 3. The number of nitrogens with one attached hydrogen (secondary N) is 2. The van der Waals surface area contributed by atoms with Crippen molar-refractivity contribution < 1.29 is 9.90 Å². The number of rotatable bonds is 3. The second-order valence-corrected chi connectivity index (χ2v) is 6.10. The number of anilines is 1. The number of phenols is 1. The number of amides is 2. The minimum absolute atomic E-state index is 0.144. The van der Waals surface area contributed by atoms with Crippen LogP contribution in [0.2, 0.25) is 10.0 Å². The number of hydrogen-bond donors (Lipinski definition) is 3. The minimum Gasteiger partial charge on any atom is -0.508 e. The lowest BCUT2D eigenvalue weighted by Gasteiger charge is -2.11. The normalized spacial score (nSPS) is 10.6. The number of halogens is 2. The second kappa shape index (κ2) is 6.99. The first-order chi connectivity index (χ1) is 11.5. The smallest absolute Gasteiger partial charge is 0.319 e. The molecule has 3 aromatic rings. The lowest BCUT2D eigenvalue weighted by molar-refractivity contribution is 0.252. The SMILES string of the molecule is O=C(NCc1ccc(Cl)cc1Cl)Nc1cccc2ccc(O)cc12. The minimum atomic E-state index is -0.364. The van der Waals surface area contributed by atoms with Crippen molar-refractivity contribution >= 4 is 45.7 Å². The molecular weight excluding hydrogens is 347 g/mol. The fourth-order valence-corrected chi connectivity index (χ4v) is 2.85. The Labute approximate surface area is 149 Å². The summed E-state index contributed by atoms with van der Waals surface area (Å²) < 4.78 is 0. The highest BCUT2D eigenvalue weighted by Gasteiger charge is 2.08. The molecule has 0 spiro atoms. The number of urea groups is 1. The third-order valence-corrected chi connectivity index (χ3v) is 4.16. The molecular formula is C18H14Cl2N2O2. The highest BCUT2D eigenvalue weighted by molar-refractivity contribution is 6.35. The van der Waals surface area contributed by atoms with E-state index in [-0.39, 0.29) is 18.3 Å². The molecule has 3 rings (SSSR count). The van der Waals surface area contributed by atoms with E-state index in [1.54, 1.807) is 42.5 Å². The van der Waals surface area contributed by atoms with Gasteiger partial charge in [-0.1, -0.05) is 47.5 Å². The molecule has 0 bridgehead atoms. The first kappa shape index (κ1) is 16.4. The van der Waals surface area contributed by atoms with Gasteiger partial charge in [-0.15, -0.1) is 0 Å². The van der Waals surface area contributed by atoms with E-state index in [9.17, 15) is 9.90 Å². The summed E-state index contributed by atoms with van der Waals surface area (Å²) in [5, 5.41) is 17.9. The average Bonchev–Trinajstić information content (AvgIpc) is 2.54. The second-order valence-electron chi connectivity index (χ2n) is 5.25. The van der Waals surface area contributed by atoms with Crippen LogP contribution in [0.4, 0.5) is 10.5 Å². The molecule has 0 aliphatic carbocycles. The third-order valence-electron chi connectivity index (χ3n) is 3.57. The van der Waals surface area contributed by atoms with Crippen molar-refractivity contribution in [1.82, 2.24) is 5.32 Å². The maximum absolute atomic E-state index is 12.1. The molecule has 0 unspecified atom stereocenters. The van der Waals surface area contributed by atoms with Crippen LogP contribution in [0, 0.1) is 0 Å². The van der Waals surface area contributed by atoms with E-state index < -0.39 is 0 Å². The van der Waals surface area contributed by atoms with Crippen LogP contribution in [0.3, 0.4) is 0 Å². The maximum atomic E-state index is 12.1. The lowest BCUT2D eigenvalue weighted by atomic mass is 10.1. The molecule has 3 aromatic carbocycles. The average molecular weight is 361 g/mol. The molecule has 4 nitrogen and oxygen atoms in total. The van der Waals surface area contributed by atoms with Crippen LogP contribution < -0.4 is 10.6 Å². The molecule has 122 valence electrons. The van der Waals surface area contributed by atoms with E-state index in [4.69, 9.17) is 23.2 Å². The molecule has 0 aromatic heterocycles. The Morgan fingerprint density at radius 2 is 1.88 bits per heavy atom. The van der Waals surface area contributed by atoms with Gasteiger partial charge in [0.2, 0.25) is 0 Å². The quantitative estimate of drug-likeness (QED) is 0.602. The Balaban J connectivity index is 1.72. The van der Waals surface area contributed by atoms with E-state index in [2.05, 4.69) is 10.6 Å².